The number of benzene rings is 2. The molecule has 1 aliphatic rings. The molecule has 0 amide bonds. The summed E-state index contributed by atoms with van der Waals surface area (Å²) in [5.74, 6) is 2.29. The van der Waals surface area contributed by atoms with E-state index in [0.717, 1.165) is 41.8 Å². The van der Waals surface area contributed by atoms with Crippen molar-refractivity contribution in [3.8, 4) is 17.3 Å². The molecule has 0 saturated carbocycles. The lowest BCUT2D eigenvalue weighted by Gasteiger charge is -2.31. The standard InChI is InChI=1S/C23H23N5/c1-17-11-13-28(14-12-17)22-15-21(19-5-3-2-4-6-19)26-23(27-22)25-20-9-7-18(16-24)8-10-20/h2-10,15,17H,11-14H2,1H3,(H,25,26,27). The summed E-state index contributed by atoms with van der Waals surface area (Å²) >= 11 is 0. The Morgan fingerprint density at radius 1 is 1.00 bits per heavy atom. The van der Waals surface area contributed by atoms with Gasteiger partial charge in [-0.25, -0.2) is 4.98 Å². The summed E-state index contributed by atoms with van der Waals surface area (Å²) in [5.41, 5.74) is 3.47. The summed E-state index contributed by atoms with van der Waals surface area (Å²) in [6.07, 6.45) is 2.37. The maximum Gasteiger partial charge on any atom is 0.229 e. The number of rotatable bonds is 4. The molecule has 5 nitrogen and oxygen atoms in total. The predicted molar refractivity (Wildman–Crippen MR) is 113 cm³/mol. The minimum Gasteiger partial charge on any atom is -0.356 e. The SMILES string of the molecule is CC1CCN(c2cc(-c3ccccc3)nc(Nc3ccc(C#N)cc3)n2)CC1. The number of nitriles is 1. The van der Waals surface area contributed by atoms with Gasteiger partial charge in [-0.1, -0.05) is 37.3 Å². The molecule has 2 heterocycles. The zero-order valence-electron chi connectivity index (χ0n) is 16.0. The Morgan fingerprint density at radius 2 is 1.71 bits per heavy atom. The maximum atomic E-state index is 8.98. The van der Waals surface area contributed by atoms with E-state index in [-0.39, 0.29) is 0 Å². The van der Waals surface area contributed by atoms with Crippen molar-refractivity contribution in [1.82, 2.24) is 9.97 Å². The molecule has 1 aliphatic heterocycles. The summed E-state index contributed by atoms with van der Waals surface area (Å²) in [5, 5.41) is 12.3. The van der Waals surface area contributed by atoms with Crippen molar-refractivity contribution >= 4 is 17.5 Å². The Balaban J connectivity index is 1.68. The fourth-order valence-electron chi connectivity index (χ4n) is 3.40. The third kappa shape index (κ3) is 4.12. The zero-order valence-corrected chi connectivity index (χ0v) is 16.0. The molecule has 1 saturated heterocycles. The van der Waals surface area contributed by atoms with Gasteiger partial charge in [-0.2, -0.15) is 10.2 Å². The van der Waals surface area contributed by atoms with Crippen molar-refractivity contribution in [3.05, 3.63) is 66.2 Å². The van der Waals surface area contributed by atoms with Crippen molar-refractivity contribution in [1.29, 1.82) is 5.26 Å². The maximum absolute atomic E-state index is 8.98. The highest BCUT2D eigenvalue weighted by Crippen LogP contribution is 2.27. The molecule has 0 radical (unpaired) electrons. The van der Waals surface area contributed by atoms with Crippen LogP contribution >= 0.6 is 0 Å². The lowest BCUT2D eigenvalue weighted by Crippen LogP contribution is -2.33. The average molecular weight is 369 g/mol. The smallest absolute Gasteiger partial charge is 0.229 e. The molecule has 4 rings (SSSR count). The minimum absolute atomic E-state index is 0.569. The van der Waals surface area contributed by atoms with Crippen LogP contribution < -0.4 is 10.2 Å². The molecule has 1 fully saturated rings. The van der Waals surface area contributed by atoms with Gasteiger partial charge in [0, 0.05) is 30.4 Å². The fourth-order valence-corrected chi connectivity index (χ4v) is 3.40. The predicted octanol–water partition coefficient (Wildman–Crippen LogP) is 5.00. The van der Waals surface area contributed by atoms with E-state index in [2.05, 4.69) is 41.4 Å². The molecule has 0 unspecified atom stereocenters. The van der Waals surface area contributed by atoms with Crippen LogP contribution in [0.25, 0.3) is 11.3 Å². The van der Waals surface area contributed by atoms with Crippen LogP contribution in [0.15, 0.2) is 60.7 Å². The van der Waals surface area contributed by atoms with Crippen molar-refractivity contribution in [2.75, 3.05) is 23.3 Å². The second-order valence-corrected chi connectivity index (χ2v) is 7.28. The first-order valence-electron chi connectivity index (χ1n) is 9.68. The fraction of sp³-hybridized carbons (Fsp3) is 0.261. The van der Waals surface area contributed by atoms with Gasteiger partial charge in [-0.3, -0.25) is 0 Å². The molecule has 0 atom stereocenters. The highest BCUT2D eigenvalue weighted by atomic mass is 15.2. The average Bonchev–Trinajstić information content (AvgIpc) is 2.75. The van der Waals surface area contributed by atoms with Gasteiger partial charge in [0.2, 0.25) is 5.95 Å². The van der Waals surface area contributed by atoms with E-state index >= 15 is 0 Å². The van der Waals surface area contributed by atoms with Crippen LogP contribution in [-0.2, 0) is 0 Å². The Bertz CT molecular complexity index is 968. The van der Waals surface area contributed by atoms with E-state index in [0.29, 0.717) is 11.5 Å². The van der Waals surface area contributed by atoms with Crippen molar-refractivity contribution < 1.29 is 0 Å². The van der Waals surface area contributed by atoms with Gasteiger partial charge in [0.05, 0.1) is 17.3 Å². The van der Waals surface area contributed by atoms with E-state index in [1.807, 2.05) is 30.3 Å². The third-order valence-electron chi connectivity index (χ3n) is 5.16. The van der Waals surface area contributed by atoms with Gasteiger partial charge in [-0.05, 0) is 43.0 Å². The molecular weight excluding hydrogens is 346 g/mol. The molecule has 140 valence electrons. The van der Waals surface area contributed by atoms with Crippen molar-refractivity contribution in [2.45, 2.75) is 19.8 Å². The van der Waals surface area contributed by atoms with Gasteiger partial charge in [-0.15, -0.1) is 0 Å². The Labute approximate surface area is 165 Å². The summed E-state index contributed by atoms with van der Waals surface area (Å²) in [7, 11) is 0. The molecule has 1 N–H and O–H groups in total. The van der Waals surface area contributed by atoms with Crippen molar-refractivity contribution in [3.63, 3.8) is 0 Å². The molecule has 0 aliphatic carbocycles. The minimum atomic E-state index is 0.569. The number of piperidine rings is 1. The number of anilines is 3. The molecule has 28 heavy (non-hydrogen) atoms. The number of nitrogens with one attached hydrogen (secondary N) is 1. The Kier molecular flexibility index (Phi) is 5.20. The van der Waals surface area contributed by atoms with Gasteiger partial charge in [0.15, 0.2) is 0 Å². The molecule has 5 heteroatoms. The summed E-state index contributed by atoms with van der Waals surface area (Å²) < 4.78 is 0. The van der Waals surface area contributed by atoms with Gasteiger partial charge in [0.1, 0.15) is 5.82 Å². The normalized spacial score (nSPS) is 14.5. The topological polar surface area (TPSA) is 64.8 Å². The quantitative estimate of drug-likeness (QED) is 0.701. The van der Waals surface area contributed by atoms with Crippen LogP contribution in [0.3, 0.4) is 0 Å². The largest absolute Gasteiger partial charge is 0.356 e. The first-order chi connectivity index (χ1) is 13.7. The van der Waals surface area contributed by atoms with Crippen LogP contribution in [0.1, 0.15) is 25.3 Å². The third-order valence-corrected chi connectivity index (χ3v) is 5.16. The van der Waals surface area contributed by atoms with Crippen LogP contribution in [0.4, 0.5) is 17.5 Å². The molecule has 2 aromatic carbocycles. The first-order valence-corrected chi connectivity index (χ1v) is 9.68. The summed E-state index contributed by atoms with van der Waals surface area (Å²) in [6.45, 7) is 4.34. The van der Waals surface area contributed by atoms with E-state index in [1.54, 1.807) is 12.1 Å². The molecular formula is C23H23N5. The number of aromatic nitrogens is 2. The molecule has 0 spiro atoms. The second-order valence-electron chi connectivity index (χ2n) is 7.28. The monoisotopic (exact) mass is 369 g/mol. The first kappa shape index (κ1) is 18.0. The molecule has 3 aromatic rings. The van der Waals surface area contributed by atoms with Crippen LogP contribution in [0.5, 0.6) is 0 Å². The van der Waals surface area contributed by atoms with Crippen LogP contribution in [0, 0.1) is 17.2 Å². The zero-order chi connectivity index (χ0) is 19.3. The van der Waals surface area contributed by atoms with E-state index in [1.165, 1.54) is 12.8 Å². The van der Waals surface area contributed by atoms with Gasteiger partial charge < -0.3 is 10.2 Å². The Hall–Kier alpha value is -3.39. The highest BCUT2D eigenvalue weighted by Gasteiger charge is 2.19. The van der Waals surface area contributed by atoms with E-state index in [4.69, 9.17) is 15.2 Å². The lowest BCUT2D eigenvalue weighted by atomic mass is 9.99. The number of hydrogen-bond donors (Lipinski definition) is 1. The van der Waals surface area contributed by atoms with E-state index in [9.17, 15) is 0 Å². The van der Waals surface area contributed by atoms with Crippen LogP contribution in [-0.4, -0.2) is 23.1 Å². The van der Waals surface area contributed by atoms with Gasteiger partial charge >= 0.3 is 0 Å². The second kappa shape index (κ2) is 8.10. The van der Waals surface area contributed by atoms with Gasteiger partial charge in [0.25, 0.3) is 0 Å². The van der Waals surface area contributed by atoms with E-state index < -0.39 is 0 Å². The molecule has 1 aromatic heterocycles. The number of nitrogens with zero attached hydrogens (tertiary/aromatic N) is 4. The molecule has 0 bridgehead atoms. The number of hydrogen-bond acceptors (Lipinski definition) is 5. The Morgan fingerprint density at radius 3 is 2.39 bits per heavy atom. The summed E-state index contributed by atoms with van der Waals surface area (Å²) in [6, 6.07) is 21.7. The lowest BCUT2D eigenvalue weighted by molar-refractivity contribution is 0.436. The van der Waals surface area contributed by atoms with Crippen LogP contribution in [0.2, 0.25) is 0 Å². The van der Waals surface area contributed by atoms with Crippen molar-refractivity contribution in [2.24, 2.45) is 5.92 Å². The summed E-state index contributed by atoms with van der Waals surface area (Å²) in [4.78, 5) is 11.9. The highest BCUT2D eigenvalue weighted by molar-refractivity contribution is 5.66.